The average Bonchev–Trinajstić information content (AvgIpc) is 2.61. The second-order valence-electron chi connectivity index (χ2n) is 6.79. The highest BCUT2D eigenvalue weighted by molar-refractivity contribution is 5.77. The Morgan fingerprint density at radius 1 is 0.885 bits per heavy atom. The topological polar surface area (TPSA) is 98.8 Å². The normalized spacial score (nSPS) is 17.3. The maximum atomic E-state index is 11.8. The van der Waals surface area contributed by atoms with Gasteiger partial charge in [-0.15, -0.1) is 0 Å². The Hall–Kier alpha value is -1.80. The lowest BCUT2D eigenvalue weighted by molar-refractivity contribution is -0.122. The summed E-state index contributed by atoms with van der Waals surface area (Å²) in [5.74, 6) is 0.218. The first-order chi connectivity index (χ1) is 12.4. The molecule has 8 heteroatoms. The Balaban J connectivity index is 2.56. The number of carbonyl (C=O) groups is 4. The number of rotatable bonds is 9. The molecular formula is C18H32N4O4. The van der Waals surface area contributed by atoms with Gasteiger partial charge in [-0.3, -0.25) is 19.2 Å². The number of Topliss-reactive ketones (excluding diaryl/α,β-unsaturated/α-hetero) is 2. The zero-order valence-electron chi connectivity index (χ0n) is 16.0. The molecule has 0 aliphatic carbocycles. The maximum absolute atomic E-state index is 11.8. The van der Waals surface area contributed by atoms with Crippen LogP contribution in [0.25, 0.3) is 0 Å². The zero-order valence-corrected chi connectivity index (χ0v) is 16.0. The second kappa shape index (κ2) is 12.5. The third-order valence-electron chi connectivity index (χ3n) is 4.37. The van der Waals surface area contributed by atoms with Crippen molar-refractivity contribution in [3.8, 4) is 0 Å². The molecule has 2 N–H and O–H groups in total. The molecule has 1 aliphatic heterocycles. The molecule has 0 spiro atoms. The van der Waals surface area contributed by atoms with E-state index in [1.807, 2.05) is 0 Å². The quantitative estimate of drug-likeness (QED) is 0.573. The predicted molar refractivity (Wildman–Crippen MR) is 98.7 cm³/mol. The van der Waals surface area contributed by atoms with Crippen LogP contribution in [0.1, 0.15) is 39.5 Å². The molecule has 148 valence electrons. The van der Waals surface area contributed by atoms with E-state index in [1.54, 1.807) is 13.8 Å². The van der Waals surface area contributed by atoms with Crippen molar-refractivity contribution >= 4 is 23.4 Å². The van der Waals surface area contributed by atoms with E-state index >= 15 is 0 Å². The van der Waals surface area contributed by atoms with Crippen LogP contribution in [0.3, 0.4) is 0 Å². The summed E-state index contributed by atoms with van der Waals surface area (Å²) in [6, 6.07) is 0. The first-order valence-electron chi connectivity index (χ1n) is 9.34. The lowest BCUT2D eigenvalue weighted by Crippen LogP contribution is -2.39. The molecule has 0 aromatic rings. The van der Waals surface area contributed by atoms with Crippen molar-refractivity contribution in [2.24, 2.45) is 0 Å². The molecule has 1 saturated heterocycles. The van der Waals surface area contributed by atoms with Gasteiger partial charge in [0.2, 0.25) is 11.8 Å². The first-order valence-corrected chi connectivity index (χ1v) is 9.34. The number of nitrogens with zero attached hydrogens (tertiary/aromatic N) is 2. The van der Waals surface area contributed by atoms with Crippen molar-refractivity contribution in [3.05, 3.63) is 0 Å². The van der Waals surface area contributed by atoms with E-state index in [-0.39, 0.29) is 23.4 Å². The van der Waals surface area contributed by atoms with Crippen molar-refractivity contribution in [3.63, 3.8) is 0 Å². The van der Waals surface area contributed by atoms with Gasteiger partial charge in [0.25, 0.3) is 0 Å². The Morgan fingerprint density at radius 2 is 1.35 bits per heavy atom. The molecule has 1 heterocycles. The second-order valence-corrected chi connectivity index (χ2v) is 6.79. The van der Waals surface area contributed by atoms with Gasteiger partial charge in [-0.2, -0.15) is 0 Å². The van der Waals surface area contributed by atoms with Crippen LogP contribution < -0.4 is 10.6 Å². The molecule has 0 saturated carbocycles. The summed E-state index contributed by atoms with van der Waals surface area (Å²) < 4.78 is 0. The summed E-state index contributed by atoms with van der Waals surface area (Å²) in [5.41, 5.74) is 0. The van der Waals surface area contributed by atoms with E-state index < -0.39 is 0 Å². The summed E-state index contributed by atoms with van der Waals surface area (Å²) >= 11 is 0. The summed E-state index contributed by atoms with van der Waals surface area (Å²) in [7, 11) is 0. The van der Waals surface area contributed by atoms with Gasteiger partial charge >= 0.3 is 0 Å². The van der Waals surface area contributed by atoms with Crippen LogP contribution in [0.5, 0.6) is 0 Å². The summed E-state index contributed by atoms with van der Waals surface area (Å²) in [4.78, 5) is 50.3. The Labute approximate surface area is 155 Å². The molecule has 0 aromatic carbocycles. The smallest absolute Gasteiger partial charge is 0.221 e. The van der Waals surface area contributed by atoms with E-state index in [9.17, 15) is 19.2 Å². The summed E-state index contributed by atoms with van der Waals surface area (Å²) in [6.07, 6.45) is 1.72. The molecule has 0 radical (unpaired) electrons. The largest absolute Gasteiger partial charge is 0.354 e. The van der Waals surface area contributed by atoms with Gasteiger partial charge in [0.1, 0.15) is 11.6 Å². The van der Waals surface area contributed by atoms with Crippen LogP contribution in [0, 0.1) is 0 Å². The van der Waals surface area contributed by atoms with E-state index in [0.29, 0.717) is 78.0 Å². The van der Waals surface area contributed by atoms with Gasteiger partial charge in [0, 0.05) is 78.0 Å². The van der Waals surface area contributed by atoms with Gasteiger partial charge in [0.15, 0.2) is 0 Å². The molecule has 1 rings (SSSR count). The molecule has 0 bridgehead atoms. The minimum atomic E-state index is -0.0174. The Kier molecular flexibility index (Phi) is 10.7. The predicted octanol–water partition coefficient (Wildman–Crippen LogP) is -0.425. The van der Waals surface area contributed by atoms with Crippen LogP contribution in [0.15, 0.2) is 0 Å². The third kappa shape index (κ3) is 10.9. The average molecular weight is 368 g/mol. The highest BCUT2D eigenvalue weighted by Crippen LogP contribution is 2.01. The Morgan fingerprint density at radius 3 is 1.77 bits per heavy atom. The van der Waals surface area contributed by atoms with E-state index in [1.165, 1.54) is 0 Å². The first kappa shape index (κ1) is 22.2. The Bertz CT molecular complexity index is 456. The van der Waals surface area contributed by atoms with Crippen molar-refractivity contribution in [2.75, 3.05) is 52.4 Å². The molecule has 1 fully saturated rings. The minimum Gasteiger partial charge on any atom is -0.354 e. The van der Waals surface area contributed by atoms with E-state index in [4.69, 9.17) is 0 Å². The van der Waals surface area contributed by atoms with Crippen LogP contribution >= 0.6 is 0 Å². The minimum absolute atomic E-state index is 0.0174. The summed E-state index contributed by atoms with van der Waals surface area (Å²) in [6.45, 7) is 7.85. The van der Waals surface area contributed by atoms with Crippen molar-refractivity contribution < 1.29 is 19.2 Å². The monoisotopic (exact) mass is 368 g/mol. The fraction of sp³-hybridized carbons (Fsp3) is 0.778. The fourth-order valence-corrected chi connectivity index (χ4v) is 2.68. The molecular weight excluding hydrogens is 336 g/mol. The number of nitrogens with one attached hydrogen (secondary N) is 2. The standard InChI is InChI=1S/C18H32N4O4/c1-15(23)3-9-21(10-4-16(2)24)13-14-22-11-5-17(25)19-7-8-20-18(26)6-12-22/h3-14H2,1-2H3,(H,19,25)(H,20,26). The molecule has 8 nitrogen and oxygen atoms in total. The number of carbonyl (C=O) groups excluding carboxylic acids is 4. The van der Waals surface area contributed by atoms with Crippen LogP contribution in [-0.2, 0) is 19.2 Å². The van der Waals surface area contributed by atoms with Gasteiger partial charge in [-0.25, -0.2) is 0 Å². The van der Waals surface area contributed by atoms with E-state index in [0.717, 1.165) is 0 Å². The van der Waals surface area contributed by atoms with Crippen molar-refractivity contribution in [2.45, 2.75) is 39.5 Å². The van der Waals surface area contributed by atoms with Gasteiger partial charge in [-0.1, -0.05) is 0 Å². The van der Waals surface area contributed by atoms with Crippen LogP contribution in [-0.4, -0.2) is 85.5 Å². The molecule has 0 aromatic heterocycles. The number of ketones is 2. The molecule has 1 aliphatic rings. The van der Waals surface area contributed by atoms with Crippen LogP contribution in [0.2, 0.25) is 0 Å². The maximum Gasteiger partial charge on any atom is 0.221 e. The molecule has 26 heavy (non-hydrogen) atoms. The van der Waals surface area contributed by atoms with Gasteiger partial charge in [-0.05, 0) is 13.8 Å². The van der Waals surface area contributed by atoms with Crippen molar-refractivity contribution in [1.29, 1.82) is 0 Å². The lowest BCUT2D eigenvalue weighted by atomic mass is 10.2. The number of hydrogen-bond donors (Lipinski definition) is 2. The molecule has 0 unspecified atom stereocenters. The number of amides is 2. The highest BCUT2D eigenvalue weighted by atomic mass is 16.2. The molecule has 2 amide bonds. The van der Waals surface area contributed by atoms with Gasteiger partial charge in [0.05, 0.1) is 0 Å². The highest BCUT2D eigenvalue weighted by Gasteiger charge is 2.15. The fourth-order valence-electron chi connectivity index (χ4n) is 2.68. The van der Waals surface area contributed by atoms with Crippen LogP contribution in [0.4, 0.5) is 0 Å². The number of hydrogen-bond acceptors (Lipinski definition) is 6. The van der Waals surface area contributed by atoms with E-state index in [2.05, 4.69) is 20.4 Å². The van der Waals surface area contributed by atoms with Crippen molar-refractivity contribution in [1.82, 2.24) is 20.4 Å². The summed E-state index contributed by atoms with van der Waals surface area (Å²) in [5, 5.41) is 5.57. The molecule has 0 atom stereocenters. The lowest BCUT2D eigenvalue weighted by Gasteiger charge is -2.27. The van der Waals surface area contributed by atoms with Gasteiger partial charge < -0.3 is 20.4 Å². The zero-order chi connectivity index (χ0) is 19.4. The third-order valence-corrected chi connectivity index (χ3v) is 4.37. The SMILES string of the molecule is CC(=O)CCN(CCC(C)=O)CCN1CCC(=O)NCCNC(=O)CC1.